The Balaban J connectivity index is 2.86. The monoisotopic (exact) mass is 117 g/mol. The Morgan fingerprint density at radius 2 is 2.25 bits per heavy atom. The van der Waals surface area contributed by atoms with Crippen LogP contribution in [0.15, 0.2) is 0 Å². The van der Waals surface area contributed by atoms with Crippen LogP contribution >= 0.6 is 0 Å². The molecule has 0 aromatic carbocycles. The van der Waals surface area contributed by atoms with Crippen LogP contribution in [-0.2, 0) is 4.74 Å². The van der Waals surface area contributed by atoms with E-state index in [0.29, 0.717) is 6.04 Å². The summed E-state index contributed by atoms with van der Waals surface area (Å²) in [5.41, 5.74) is 0. The van der Waals surface area contributed by atoms with Crippen LogP contribution in [0.3, 0.4) is 0 Å². The third-order valence-corrected chi connectivity index (χ3v) is 1.25. The Labute approximate surface area is 51.2 Å². The van der Waals surface area contributed by atoms with E-state index < -0.39 is 0 Å². The molecule has 0 radical (unpaired) electrons. The van der Waals surface area contributed by atoms with Crippen molar-refractivity contribution in [2.45, 2.75) is 19.4 Å². The Morgan fingerprint density at radius 1 is 1.62 bits per heavy atom. The SMILES string of the molecule is CNC(C)CCOC. The van der Waals surface area contributed by atoms with E-state index in [4.69, 9.17) is 4.74 Å². The highest BCUT2D eigenvalue weighted by atomic mass is 16.5. The number of hydrogen-bond donors (Lipinski definition) is 1. The van der Waals surface area contributed by atoms with E-state index in [2.05, 4.69) is 12.2 Å². The molecule has 0 aliphatic rings. The fourth-order valence-electron chi connectivity index (χ4n) is 0.439. The van der Waals surface area contributed by atoms with Crippen molar-refractivity contribution in [3.05, 3.63) is 0 Å². The third-order valence-electron chi connectivity index (χ3n) is 1.25. The molecule has 0 spiro atoms. The van der Waals surface area contributed by atoms with Crippen molar-refractivity contribution in [1.82, 2.24) is 5.32 Å². The Kier molecular flexibility index (Phi) is 5.01. The molecule has 0 aromatic rings. The van der Waals surface area contributed by atoms with Crippen molar-refractivity contribution in [2.24, 2.45) is 0 Å². The summed E-state index contributed by atoms with van der Waals surface area (Å²) in [5.74, 6) is 0. The van der Waals surface area contributed by atoms with Gasteiger partial charge in [-0.3, -0.25) is 0 Å². The topological polar surface area (TPSA) is 21.3 Å². The van der Waals surface area contributed by atoms with Gasteiger partial charge in [0.15, 0.2) is 0 Å². The van der Waals surface area contributed by atoms with Crippen molar-refractivity contribution in [1.29, 1.82) is 0 Å². The van der Waals surface area contributed by atoms with Gasteiger partial charge < -0.3 is 10.1 Å². The molecule has 0 saturated heterocycles. The maximum Gasteiger partial charge on any atom is 0.0476 e. The average Bonchev–Trinajstić information content (AvgIpc) is 1.83. The van der Waals surface area contributed by atoms with E-state index in [0.717, 1.165) is 13.0 Å². The Bertz CT molecular complexity index is 47.8. The lowest BCUT2D eigenvalue weighted by atomic mass is 10.2. The molecule has 8 heavy (non-hydrogen) atoms. The summed E-state index contributed by atoms with van der Waals surface area (Å²) in [6.07, 6.45) is 1.09. The van der Waals surface area contributed by atoms with Gasteiger partial charge in [-0.1, -0.05) is 0 Å². The molecule has 0 aliphatic heterocycles. The molecular weight excluding hydrogens is 102 g/mol. The molecule has 1 unspecified atom stereocenters. The van der Waals surface area contributed by atoms with E-state index in [1.807, 2.05) is 7.05 Å². The number of methoxy groups -OCH3 is 1. The highest BCUT2D eigenvalue weighted by molar-refractivity contribution is 4.54. The summed E-state index contributed by atoms with van der Waals surface area (Å²) in [7, 11) is 3.68. The minimum absolute atomic E-state index is 0.579. The number of ether oxygens (including phenoxy) is 1. The van der Waals surface area contributed by atoms with Crippen molar-refractivity contribution in [3.8, 4) is 0 Å². The summed E-state index contributed by atoms with van der Waals surface area (Å²) < 4.78 is 4.87. The zero-order chi connectivity index (χ0) is 6.41. The van der Waals surface area contributed by atoms with Crippen LogP contribution in [-0.4, -0.2) is 26.8 Å². The van der Waals surface area contributed by atoms with Crippen molar-refractivity contribution in [3.63, 3.8) is 0 Å². The molecule has 0 aliphatic carbocycles. The lowest BCUT2D eigenvalue weighted by Gasteiger charge is -2.07. The highest BCUT2D eigenvalue weighted by Crippen LogP contribution is 1.87. The van der Waals surface area contributed by atoms with Crippen molar-refractivity contribution in [2.75, 3.05) is 20.8 Å². The smallest absolute Gasteiger partial charge is 0.0476 e. The molecule has 0 heterocycles. The minimum atomic E-state index is 0.579. The van der Waals surface area contributed by atoms with Gasteiger partial charge in [0.25, 0.3) is 0 Å². The molecule has 1 atom stereocenters. The maximum atomic E-state index is 4.87. The van der Waals surface area contributed by atoms with Gasteiger partial charge in [0.05, 0.1) is 0 Å². The standard InChI is InChI=1S/C6H15NO/c1-6(7-2)4-5-8-3/h6-7H,4-5H2,1-3H3. The summed E-state index contributed by atoms with van der Waals surface area (Å²) in [4.78, 5) is 0. The summed E-state index contributed by atoms with van der Waals surface area (Å²) in [6.45, 7) is 2.99. The fraction of sp³-hybridized carbons (Fsp3) is 1.00. The molecule has 0 rings (SSSR count). The van der Waals surface area contributed by atoms with E-state index in [1.165, 1.54) is 0 Å². The highest BCUT2D eigenvalue weighted by Gasteiger charge is 1.93. The lowest BCUT2D eigenvalue weighted by Crippen LogP contribution is -2.22. The molecule has 0 saturated carbocycles. The minimum Gasteiger partial charge on any atom is -0.385 e. The van der Waals surface area contributed by atoms with E-state index >= 15 is 0 Å². The van der Waals surface area contributed by atoms with Crippen LogP contribution in [0.1, 0.15) is 13.3 Å². The predicted octanol–water partition coefficient (Wildman–Crippen LogP) is 0.631. The number of rotatable bonds is 4. The molecule has 0 bridgehead atoms. The van der Waals surface area contributed by atoms with Gasteiger partial charge in [0.2, 0.25) is 0 Å². The van der Waals surface area contributed by atoms with Crippen LogP contribution < -0.4 is 5.32 Å². The van der Waals surface area contributed by atoms with Gasteiger partial charge in [0, 0.05) is 19.8 Å². The first-order valence-corrected chi connectivity index (χ1v) is 2.97. The van der Waals surface area contributed by atoms with Gasteiger partial charge in [-0.2, -0.15) is 0 Å². The number of nitrogens with one attached hydrogen (secondary N) is 1. The zero-order valence-electron chi connectivity index (χ0n) is 5.90. The molecule has 0 amide bonds. The quantitative estimate of drug-likeness (QED) is 0.583. The van der Waals surface area contributed by atoms with Gasteiger partial charge in [-0.25, -0.2) is 0 Å². The van der Waals surface area contributed by atoms with Crippen LogP contribution in [0.25, 0.3) is 0 Å². The van der Waals surface area contributed by atoms with Crippen LogP contribution in [0.4, 0.5) is 0 Å². The fourth-order valence-corrected chi connectivity index (χ4v) is 0.439. The molecular formula is C6H15NO. The van der Waals surface area contributed by atoms with Gasteiger partial charge >= 0.3 is 0 Å². The first kappa shape index (κ1) is 7.92. The normalized spacial score (nSPS) is 13.9. The van der Waals surface area contributed by atoms with Crippen molar-refractivity contribution >= 4 is 0 Å². The maximum absolute atomic E-state index is 4.87. The van der Waals surface area contributed by atoms with Crippen LogP contribution in [0.2, 0.25) is 0 Å². The van der Waals surface area contributed by atoms with Crippen LogP contribution in [0, 0.1) is 0 Å². The Hall–Kier alpha value is -0.0800. The second-order valence-electron chi connectivity index (χ2n) is 1.97. The van der Waals surface area contributed by atoms with E-state index in [9.17, 15) is 0 Å². The molecule has 0 fully saturated rings. The predicted molar refractivity (Wildman–Crippen MR) is 35.0 cm³/mol. The average molecular weight is 117 g/mol. The second-order valence-corrected chi connectivity index (χ2v) is 1.97. The first-order chi connectivity index (χ1) is 3.81. The summed E-state index contributed by atoms with van der Waals surface area (Å²) in [6, 6.07) is 0.579. The van der Waals surface area contributed by atoms with Crippen molar-refractivity contribution < 1.29 is 4.74 Å². The lowest BCUT2D eigenvalue weighted by molar-refractivity contribution is 0.186. The van der Waals surface area contributed by atoms with Gasteiger partial charge in [-0.15, -0.1) is 0 Å². The summed E-state index contributed by atoms with van der Waals surface area (Å²) in [5, 5.41) is 3.12. The van der Waals surface area contributed by atoms with Gasteiger partial charge in [0.1, 0.15) is 0 Å². The molecule has 50 valence electrons. The van der Waals surface area contributed by atoms with Gasteiger partial charge in [-0.05, 0) is 20.4 Å². The molecule has 2 heteroatoms. The molecule has 1 N–H and O–H groups in total. The number of hydrogen-bond acceptors (Lipinski definition) is 2. The second kappa shape index (κ2) is 5.06. The molecule has 2 nitrogen and oxygen atoms in total. The molecule has 0 aromatic heterocycles. The first-order valence-electron chi connectivity index (χ1n) is 2.97. The van der Waals surface area contributed by atoms with Crippen LogP contribution in [0.5, 0.6) is 0 Å². The largest absolute Gasteiger partial charge is 0.385 e. The van der Waals surface area contributed by atoms with E-state index in [-0.39, 0.29) is 0 Å². The Morgan fingerprint density at radius 3 is 2.62 bits per heavy atom. The third kappa shape index (κ3) is 4.09. The summed E-state index contributed by atoms with van der Waals surface area (Å²) >= 11 is 0. The van der Waals surface area contributed by atoms with E-state index in [1.54, 1.807) is 7.11 Å². The zero-order valence-corrected chi connectivity index (χ0v) is 5.90.